The van der Waals surface area contributed by atoms with Crippen LogP contribution in [0.2, 0.25) is 0 Å². The molecule has 0 aromatic carbocycles. The SMILES string of the molecule is CCCCN(CC(C)(NC(C)C)C(=O)OC)C(C)CC. The molecule has 0 aliphatic carbocycles. The zero-order valence-electron chi connectivity index (χ0n) is 14.5. The summed E-state index contributed by atoms with van der Waals surface area (Å²) in [5, 5.41) is 3.38. The van der Waals surface area contributed by atoms with E-state index in [1.54, 1.807) is 0 Å². The minimum atomic E-state index is -0.653. The standard InChI is InChI=1S/C16H34N2O2/c1-8-10-11-18(14(5)9-2)12-16(6,15(19)20-7)17-13(3)4/h13-14,17H,8-12H2,1-7H3. The number of hydrogen-bond donors (Lipinski definition) is 1. The Bertz CT molecular complexity index is 282. The van der Waals surface area contributed by atoms with Crippen LogP contribution in [-0.4, -0.2) is 48.7 Å². The van der Waals surface area contributed by atoms with Gasteiger partial charge in [-0.15, -0.1) is 0 Å². The van der Waals surface area contributed by atoms with Gasteiger partial charge in [0.2, 0.25) is 0 Å². The van der Waals surface area contributed by atoms with E-state index in [9.17, 15) is 4.79 Å². The van der Waals surface area contributed by atoms with Crippen LogP contribution in [0.4, 0.5) is 0 Å². The van der Waals surface area contributed by atoms with E-state index >= 15 is 0 Å². The Labute approximate surface area is 125 Å². The fraction of sp³-hybridized carbons (Fsp3) is 0.938. The van der Waals surface area contributed by atoms with Gasteiger partial charge < -0.3 is 4.74 Å². The summed E-state index contributed by atoms with van der Waals surface area (Å²) in [5.74, 6) is -0.184. The van der Waals surface area contributed by atoms with Crippen molar-refractivity contribution in [2.24, 2.45) is 0 Å². The molecule has 0 aromatic rings. The molecule has 1 N–H and O–H groups in total. The predicted octanol–water partition coefficient (Wildman–Crippen LogP) is 2.82. The summed E-state index contributed by atoms with van der Waals surface area (Å²) in [4.78, 5) is 14.6. The summed E-state index contributed by atoms with van der Waals surface area (Å²) in [6, 6.07) is 0.712. The molecule has 0 aromatic heterocycles. The Morgan fingerprint density at radius 2 is 1.90 bits per heavy atom. The summed E-state index contributed by atoms with van der Waals surface area (Å²) < 4.78 is 5.01. The van der Waals surface area contributed by atoms with Gasteiger partial charge in [0.15, 0.2) is 0 Å². The van der Waals surface area contributed by atoms with Gasteiger partial charge in [-0.3, -0.25) is 15.0 Å². The highest BCUT2D eigenvalue weighted by molar-refractivity contribution is 5.80. The average molecular weight is 286 g/mol. The number of ether oxygens (including phenoxy) is 1. The van der Waals surface area contributed by atoms with E-state index in [2.05, 4.69) is 44.8 Å². The molecule has 20 heavy (non-hydrogen) atoms. The Balaban J connectivity index is 5.00. The monoisotopic (exact) mass is 286 g/mol. The minimum absolute atomic E-state index is 0.184. The number of nitrogens with one attached hydrogen (secondary N) is 1. The van der Waals surface area contributed by atoms with Gasteiger partial charge in [0, 0.05) is 18.6 Å². The first-order chi connectivity index (χ1) is 9.30. The van der Waals surface area contributed by atoms with Crippen molar-refractivity contribution in [3.05, 3.63) is 0 Å². The maximum Gasteiger partial charge on any atom is 0.327 e. The van der Waals surface area contributed by atoms with Crippen LogP contribution in [0.15, 0.2) is 0 Å². The van der Waals surface area contributed by atoms with Gasteiger partial charge in [-0.2, -0.15) is 0 Å². The van der Waals surface area contributed by atoms with E-state index in [0.717, 1.165) is 19.4 Å². The molecule has 2 unspecified atom stereocenters. The molecule has 0 aliphatic heterocycles. The van der Waals surface area contributed by atoms with Crippen LogP contribution in [0.5, 0.6) is 0 Å². The summed E-state index contributed by atoms with van der Waals surface area (Å²) >= 11 is 0. The Morgan fingerprint density at radius 3 is 2.30 bits per heavy atom. The van der Waals surface area contributed by atoms with Crippen LogP contribution in [0.1, 0.15) is 60.8 Å². The van der Waals surface area contributed by atoms with Gasteiger partial charge in [-0.25, -0.2) is 0 Å². The smallest absolute Gasteiger partial charge is 0.327 e. The molecule has 120 valence electrons. The largest absolute Gasteiger partial charge is 0.468 e. The highest BCUT2D eigenvalue weighted by Gasteiger charge is 2.37. The molecule has 0 aliphatic rings. The number of carbonyl (C=O) groups is 1. The first kappa shape index (κ1) is 19.4. The van der Waals surface area contributed by atoms with Gasteiger partial charge in [-0.05, 0) is 47.1 Å². The third-order valence-electron chi connectivity index (χ3n) is 3.78. The number of rotatable bonds is 10. The first-order valence-electron chi connectivity index (χ1n) is 7.90. The van der Waals surface area contributed by atoms with E-state index < -0.39 is 5.54 Å². The molecule has 0 bridgehead atoms. The van der Waals surface area contributed by atoms with E-state index in [0.29, 0.717) is 12.6 Å². The molecule has 0 spiro atoms. The number of unbranched alkanes of at least 4 members (excludes halogenated alkanes) is 1. The first-order valence-corrected chi connectivity index (χ1v) is 7.90. The van der Waals surface area contributed by atoms with Crippen molar-refractivity contribution in [1.82, 2.24) is 10.2 Å². The fourth-order valence-corrected chi connectivity index (χ4v) is 2.51. The maximum absolute atomic E-state index is 12.2. The molecular formula is C16H34N2O2. The highest BCUT2D eigenvalue weighted by atomic mass is 16.5. The van der Waals surface area contributed by atoms with Crippen LogP contribution in [0.25, 0.3) is 0 Å². The van der Waals surface area contributed by atoms with Gasteiger partial charge in [0.05, 0.1) is 7.11 Å². The van der Waals surface area contributed by atoms with Gasteiger partial charge in [-0.1, -0.05) is 20.3 Å². The maximum atomic E-state index is 12.2. The van der Waals surface area contributed by atoms with Crippen molar-refractivity contribution in [2.45, 2.75) is 78.4 Å². The Hall–Kier alpha value is -0.610. The molecular weight excluding hydrogens is 252 g/mol. The van der Waals surface area contributed by atoms with E-state index in [1.165, 1.54) is 13.5 Å². The lowest BCUT2D eigenvalue weighted by molar-refractivity contribution is -0.149. The molecule has 4 nitrogen and oxygen atoms in total. The fourth-order valence-electron chi connectivity index (χ4n) is 2.51. The predicted molar refractivity (Wildman–Crippen MR) is 84.9 cm³/mol. The molecule has 0 rings (SSSR count). The molecule has 0 heterocycles. The summed E-state index contributed by atoms with van der Waals surface area (Å²) in [6.07, 6.45) is 3.41. The van der Waals surface area contributed by atoms with Crippen LogP contribution in [0.3, 0.4) is 0 Å². The third kappa shape index (κ3) is 6.23. The van der Waals surface area contributed by atoms with Crippen molar-refractivity contribution in [1.29, 1.82) is 0 Å². The van der Waals surface area contributed by atoms with Crippen molar-refractivity contribution in [3.8, 4) is 0 Å². The number of esters is 1. The normalized spacial score (nSPS) is 16.2. The van der Waals surface area contributed by atoms with E-state index in [4.69, 9.17) is 4.74 Å². The second-order valence-electron chi connectivity index (χ2n) is 6.20. The number of methoxy groups -OCH3 is 1. The summed E-state index contributed by atoms with van der Waals surface area (Å²) in [5.41, 5.74) is -0.653. The topological polar surface area (TPSA) is 41.6 Å². The van der Waals surface area contributed by atoms with Crippen LogP contribution in [-0.2, 0) is 9.53 Å². The lowest BCUT2D eigenvalue weighted by Gasteiger charge is -2.38. The lowest BCUT2D eigenvalue weighted by Crippen LogP contribution is -2.60. The van der Waals surface area contributed by atoms with Crippen molar-refractivity contribution in [3.63, 3.8) is 0 Å². The highest BCUT2D eigenvalue weighted by Crippen LogP contribution is 2.15. The van der Waals surface area contributed by atoms with E-state index in [-0.39, 0.29) is 12.0 Å². The molecule has 0 radical (unpaired) electrons. The van der Waals surface area contributed by atoms with Gasteiger partial charge in [0.1, 0.15) is 5.54 Å². The average Bonchev–Trinajstić information content (AvgIpc) is 2.40. The quantitative estimate of drug-likeness (QED) is 0.627. The molecule has 0 fully saturated rings. The zero-order valence-corrected chi connectivity index (χ0v) is 14.5. The van der Waals surface area contributed by atoms with Crippen LogP contribution < -0.4 is 5.32 Å². The minimum Gasteiger partial charge on any atom is -0.468 e. The summed E-state index contributed by atoms with van der Waals surface area (Å²) in [6.45, 7) is 14.4. The zero-order chi connectivity index (χ0) is 15.8. The van der Waals surface area contributed by atoms with E-state index in [1.807, 2.05) is 6.92 Å². The second kappa shape index (κ2) is 9.35. The molecule has 0 saturated carbocycles. The number of hydrogen-bond acceptors (Lipinski definition) is 4. The Kier molecular flexibility index (Phi) is 9.06. The van der Waals surface area contributed by atoms with Crippen molar-refractivity contribution in [2.75, 3.05) is 20.2 Å². The van der Waals surface area contributed by atoms with Crippen molar-refractivity contribution < 1.29 is 9.53 Å². The second-order valence-corrected chi connectivity index (χ2v) is 6.20. The Morgan fingerprint density at radius 1 is 1.30 bits per heavy atom. The van der Waals surface area contributed by atoms with Gasteiger partial charge >= 0.3 is 5.97 Å². The van der Waals surface area contributed by atoms with Gasteiger partial charge in [0.25, 0.3) is 0 Å². The third-order valence-corrected chi connectivity index (χ3v) is 3.78. The lowest BCUT2D eigenvalue weighted by atomic mass is 9.98. The molecule has 2 atom stereocenters. The summed E-state index contributed by atoms with van der Waals surface area (Å²) in [7, 11) is 1.46. The molecule has 0 saturated heterocycles. The van der Waals surface area contributed by atoms with Crippen molar-refractivity contribution >= 4 is 5.97 Å². The number of nitrogens with zero attached hydrogens (tertiary/aromatic N) is 1. The molecule has 4 heteroatoms. The molecule has 0 amide bonds. The van der Waals surface area contributed by atoms with Crippen LogP contribution in [0, 0.1) is 0 Å². The van der Waals surface area contributed by atoms with Crippen LogP contribution >= 0.6 is 0 Å². The number of carbonyl (C=O) groups excluding carboxylic acids is 1.